The second kappa shape index (κ2) is 4.40. The quantitative estimate of drug-likeness (QED) is 0.766. The van der Waals surface area contributed by atoms with Crippen LogP contribution in [0.1, 0.15) is 38.5 Å². The van der Waals surface area contributed by atoms with Crippen molar-refractivity contribution in [3.63, 3.8) is 0 Å². The third-order valence-electron chi connectivity index (χ3n) is 4.61. The lowest BCUT2D eigenvalue weighted by Gasteiger charge is -2.41. The van der Waals surface area contributed by atoms with Crippen molar-refractivity contribution in [3.8, 4) is 0 Å². The smallest absolute Gasteiger partial charge is 0.334 e. The maximum atomic E-state index is 11.9. The van der Waals surface area contributed by atoms with Gasteiger partial charge in [-0.15, -0.1) is 0 Å². The van der Waals surface area contributed by atoms with Gasteiger partial charge >= 0.3 is 11.9 Å². The van der Waals surface area contributed by atoms with Gasteiger partial charge in [0.1, 0.15) is 0 Å². The third-order valence-corrected chi connectivity index (χ3v) is 4.61. The predicted molar refractivity (Wildman–Crippen MR) is 72.4 cm³/mol. The summed E-state index contributed by atoms with van der Waals surface area (Å²) in [4.78, 5) is 32.1. The van der Waals surface area contributed by atoms with Crippen LogP contribution >= 0.6 is 0 Å². The summed E-state index contributed by atoms with van der Waals surface area (Å²) in [5, 5.41) is 19.5. The lowest BCUT2D eigenvalue weighted by Crippen LogP contribution is -2.63. The van der Waals surface area contributed by atoms with Gasteiger partial charge < -0.3 is 10.2 Å². The van der Waals surface area contributed by atoms with E-state index >= 15 is 0 Å². The van der Waals surface area contributed by atoms with Gasteiger partial charge in [-0.25, -0.2) is 9.59 Å². The molecule has 0 radical (unpaired) electrons. The van der Waals surface area contributed by atoms with Crippen LogP contribution in [-0.2, 0) is 9.59 Å². The predicted octanol–water partition coefficient (Wildman–Crippen LogP) is 1.39. The first kappa shape index (κ1) is 13.3. The van der Waals surface area contributed by atoms with E-state index < -0.39 is 23.0 Å². The molecule has 1 heterocycles. The molecule has 2 atom stereocenters. The Morgan fingerprint density at radius 1 is 0.900 bits per heavy atom. The van der Waals surface area contributed by atoms with E-state index in [1.165, 1.54) is 12.4 Å². The molecule has 3 rings (SSSR count). The third kappa shape index (κ3) is 1.94. The first-order chi connectivity index (χ1) is 9.50. The summed E-state index contributed by atoms with van der Waals surface area (Å²) in [7, 11) is 0. The number of carboxylic acids is 2. The van der Waals surface area contributed by atoms with Crippen molar-refractivity contribution in [2.24, 2.45) is 21.8 Å². The van der Waals surface area contributed by atoms with Gasteiger partial charge in [0.25, 0.3) is 0 Å². The van der Waals surface area contributed by atoms with E-state index in [0.29, 0.717) is 0 Å². The molecule has 20 heavy (non-hydrogen) atoms. The highest BCUT2D eigenvalue weighted by Gasteiger charge is 2.65. The highest BCUT2D eigenvalue weighted by Crippen LogP contribution is 2.50. The SMILES string of the molecule is O=C(O)C1(CC2CC2)N=CC=NC1(CC1CC1)C(=O)O. The summed E-state index contributed by atoms with van der Waals surface area (Å²) in [6.45, 7) is 0. The van der Waals surface area contributed by atoms with Crippen LogP contribution in [0, 0.1) is 11.8 Å². The van der Waals surface area contributed by atoms with Crippen molar-refractivity contribution >= 4 is 24.4 Å². The van der Waals surface area contributed by atoms with Crippen LogP contribution in [-0.4, -0.2) is 45.7 Å². The standard InChI is InChI=1S/C14H18N2O4/c17-11(18)13(7-9-1-2-9)14(12(19)20,8-10-3-4-10)16-6-5-15-13/h5-6,9-10H,1-4,7-8H2,(H,17,18)(H,19,20). The molecule has 3 aliphatic rings. The fourth-order valence-corrected chi connectivity index (χ4v) is 3.10. The molecule has 2 fully saturated rings. The van der Waals surface area contributed by atoms with Crippen molar-refractivity contribution in [1.29, 1.82) is 0 Å². The van der Waals surface area contributed by atoms with E-state index in [1.807, 2.05) is 0 Å². The second-order valence-corrected chi connectivity index (χ2v) is 6.18. The molecule has 0 aromatic heterocycles. The van der Waals surface area contributed by atoms with Gasteiger partial charge in [0.2, 0.25) is 0 Å². The number of carbonyl (C=O) groups is 2. The number of nitrogens with zero attached hydrogens (tertiary/aromatic N) is 2. The minimum absolute atomic E-state index is 0.259. The molecule has 0 bridgehead atoms. The molecule has 2 saturated carbocycles. The zero-order valence-electron chi connectivity index (χ0n) is 11.2. The van der Waals surface area contributed by atoms with Gasteiger partial charge in [-0.1, -0.05) is 25.7 Å². The molecule has 6 heteroatoms. The average Bonchev–Trinajstić information content (AvgIpc) is 3.26. The van der Waals surface area contributed by atoms with Crippen molar-refractivity contribution in [3.05, 3.63) is 0 Å². The number of hydrogen-bond acceptors (Lipinski definition) is 4. The molecule has 6 nitrogen and oxygen atoms in total. The lowest BCUT2D eigenvalue weighted by atomic mass is 9.70. The number of rotatable bonds is 6. The molecular weight excluding hydrogens is 260 g/mol. The fraction of sp³-hybridized carbons (Fsp3) is 0.714. The molecule has 0 saturated heterocycles. The van der Waals surface area contributed by atoms with Crippen LogP contribution < -0.4 is 0 Å². The zero-order chi connectivity index (χ0) is 14.4. The topological polar surface area (TPSA) is 99.3 Å². The Bertz CT molecular complexity index is 461. The summed E-state index contributed by atoms with van der Waals surface area (Å²) in [6.07, 6.45) is 7.03. The summed E-state index contributed by atoms with van der Waals surface area (Å²) < 4.78 is 0. The first-order valence-electron chi connectivity index (χ1n) is 7.06. The van der Waals surface area contributed by atoms with Gasteiger partial charge in [0, 0.05) is 12.4 Å². The Morgan fingerprint density at radius 2 is 1.25 bits per heavy atom. The molecule has 1 aliphatic heterocycles. The Kier molecular flexibility index (Phi) is 2.92. The average molecular weight is 278 g/mol. The molecule has 108 valence electrons. The van der Waals surface area contributed by atoms with Gasteiger partial charge in [0.15, 0.2) is 11.1 Å². The van der Waals surface area contributed by atoms with E-state index in [2.05, 4.69) is 9.98 Å². The Hall–Kier alpha value is -1.72. The summed E-state index contributed by atoms with van der Waals surface area (Å²) in [5.41, 5.74) is -3.28. The highest BCUT2D eigenvalue weighted by molar-refractivity contribution is 6.19. The van der Waals surface area contributed by atoms with Crippen molar-refractivity contribution in [2.45, 2.75) is 49.6 Å². The maximum Gasteiger partial charge on any atom is 0.334 e. The molecule has 0 amide bonds. The van der Waals surface area contributed by atoms with E-state index in [1.54, 1.807) is 0 Å². The Labute approximate surface area is 116 Å². The minimum atomic E-state index is -1.64. The number of hydrogen-bond donors (Lipinski definition) is 2. The van der Waals surface area contributed by atoms with Crippen molar-refractivity contribution in [1.82, 2.24) is 0 Å². The number of aliphatic carboxylic acids is 2. The minimum Gasteiger partial charge on any atom is -0.479 e. The summed E-state index contributed by atoms with van der Waals surface area (Å²) in [6, 6.07) is 0. The molecule has 0 aromatic rings. The number of carboxylic acid groups (broad SMARTS) is 2. The van der Waals surface area contributed by atoms with Crippen LogP contribution in [0.5, 0.6) is 0 Å². The number of aliphatic imine (C=N–C) groups is 2. The van der Waals surface area contributed by atoms with Crippen molar-refractivity contribution < 1.29 is 19.8 Å². The highest BCUT2D eigenvalue weighted by atomic mass is 16.4. The van der Waals surface area contributed by atoms with E-state index in [0.717, 1.165) is 25.7 Å². The van der Waals surface area contributed by atoms with Crippen LogP contribution in [0.3, 0.4) is 0 Å². The summed E-state index contributed by atoms with van der Waals surface area (Å²) in [5.74, 6) is -1.81. The van der Waals surface area contributed by atoms with Crippen LogP contribution in [0.4, 0.5) is 0 Å². The van der Waals surface area contributed by atoms with Crippen molar-refractivity contribution in [2.75, 3.05) is 0 Å². The molecule has 2 N–H and O–H groups in total. The van der Waals surface area contributed by atoms with Gasteiger partial charge in [-0.05, 0) is 24.7 Å². The molecular formula is C14H18N2O4. The first-order valence-corrected chi connectivity index (χ1v) is 7.06. The van der Waals surface area contributed by atoms with E-state index in [-0.39, 0.29) is 24.7 Å². The maximum absolute atomic E-state index is 11.9. The van der Waals surface area contributed by atoms with Gasteiger partial charge in [0.05, 0.1) is 0 Å². The second-order valence-electron chi connectivity index (χ2n) is 6.18. The van der Waals surface area contributed by atoms with Crippen LogP contribution in [0.25, 0.3) is 0 Å². The Morgan fingerprint density at radius 3 is 1.50 bits per heavy atom. The van der Waals surface area contributed by atoms with Crippen LogP contribution in [0.15, 0.2) is 9.98 Å². The zero-order valence-corrected chi connectivity index (χ0v) is 11.2. The lowest BCUT2D eigenvalue weighted by molar-refractivity contribution is -0.158. The summed E-state index contributed by atoms with van der Waals surface area (Å²) >= 11 is 0. The monoisotopic (exact) mass is 278 g/mol. The van der Waals surface area contributed by atoms with E-state index in [9.17, 15) is 19.8 Å². The van der Waals surface area contributed by atoms with E-state index in [4.69, 9.17) is 0 Å². The van der Waals surface area contributed by atoms with Gasteiger partial charge in [-0.3, -0.25) is 9.98 Å². The molecule has 2 aliphatic carbocycles. The molecule has 0 spiro atoms. The van der Waals surface area contributed by atoms with Gasteiger partial charge in [-0.2, -0.15) is 0 Å². The molecule has 0 aromatic carbocycles. The largest absolute Gasteiger partial charge is 0.479 e. The van der Waals surface area contributed by atoms with Crippen LogP contribution in [0.2, 0.25) is 0 Å². The Balaban J connectivity index is 2.05. The fourth-order valence-electron chi connectivity index (χ4n) is 3.10. The molecule has 2 unspecified atom stereocenters. The normalized spacial score (nSPS) is 36.0.